The van der Waals surface area contributed by atoms with Crippen molar-refractivity contribution in [3.05, 3.63) is 41.3 Å². The number of para-hydroxylation sites is 1. The van der Waals surface area contributed by atoms with E-state index in [0.29, 0.717) is 31.2 Å². The molecule has 0 unspecified atom stereocenters. The molecule has 2 aliphatic heterocycles. The summed E-state index contributed by atoms with van der Waals surface area (Å²) in [4.78, 5) is 0.165. The normalized spacial score (nSPS) is 25.6. The van der Waals surface area contributed by atoms with Crippen LogP contribution in [-0.2, 0) is 14.8 Å². The highest BCUT2D eigenvalue weighted by atomic mass is 32.2. The number of sulfonamides is 1. The van der Waals surface area contributed by atoms with Gasteiger partial charge in [0.05, 0.1) is 19.3 Å². The Hall–Kier alpha value is -1.90. The molecular weight excluding hydrogens is 356 g/mol. The predicted molar refractivity (Wildman–Crippen MR) is 93.4 cm³/mol. The highest BCUT2D eigenvalue weighted by Gasteiger charge is 2.51. The molecule has 1 saturated heterocycles. The number of hydrogen-bond acceptors (Lipinski definition) is 6. The summed E-state index contributed by atoms with van der Waals surface area (Å²) in [7, 11) is -2.12. The molecule has 3 heterocycles. The summed E-state index contributed by atoms with van der Waals surface area (Å²) < 4.78 is 44.9. The van der Waals surface area contributed by atoms with Gasteiger partial charge in [0, 0.05) is 31.1 Å². The fraction of sp³-hybridized carbons (Fsp3) is 0.500. The van der Waals surface area contributed by atoms with E-state index in [1.807, 2.05) is 24.3 Å². The lowest BCUT2D eigenvalue weighted by Gasteiger charge is -2.33. The maximum atomic E-state index is 13.5. The highest BCUT2D eigenvalue weighted by molar-refractivity contribution is 7.89. The second-order valence-corrected chi connectivity index (χ2v) is 8.73. The summed E-state index contributed by atoms with van der Waals surface area (Å²) in [5.74, 6) is 1.16. The first-order valence-corrected chi connectivity index (χ1v) is 10.0. The molecule has 0 bridgehead atoms. The summed E-state index contributed by atoms with van der Waals surface area (Å²) in [6.07, 6.45) is 0. The van der Waals surface area contributed by atoms with Crippen LogP contribution in [0.15, 0.2) is 33.7 Å². The fourth-order valence-corrected chi connectivity index (χ4v) is 6.21. The van der Waals surface area contributed by atoms with Gasteiger partial charge in [-0.25, -0.2) is 8.42 Å². The number of methoxy groups -OCH3 is 1. The minimum atomic E-state index is -3.76. The van der Waals surface area contributed by atoms with Crippen LogP contribution in [0, 0.1) is 25.7 Å². The maximum Gasteiger partial charge on any atom is 0.249 e. The molecule has 1 aromatic heterocycles. The molecule has 140 valence electrons. The number of ether oxygens (including phenoxy) is 2. The SMILES string of the molecule is COC[C@@H]1CN(S(=O)(=O)c2c(C)noc2C)[C@H]2c3ccccc3OC[C@@H]12. The molecule has 0 N–H and O–H groups in total. The first-order chi connectivity index (χ1) is 12.4. The maximum absolute atomic E-state index is 13.5. The van der Waals surface area contributed by atoms with Gasteiger partial charge in [0.1, 0.15) is 16.3 Å². The summed E-state index contributed by atoms with van der Waals surface area (Å²) in [5.41, 5.74) is 1.28. The summed E-state index contributed by atoms with van der Waals surface area (Å²) in [6.45, 7) is 4.63. The standard InChI is InChI=1S/C18H22N2O5S/c1-11-18(12(2)25-19-11)26(21,22)20-8-13(9-23-3)15-10-24-16-7-5-4-6-14(16)17(15)20/h4-7,13,15,17H,8-10H2,1-3H3/t13-,15-,17-/m0/s1. The van der Waals surface area contributed by atoms with Gasteiger partial charge in [0.2, 0.25) is 10.0 Å². The number of rotatable bonds is 4. The molecule has 8 heteroatoms. The van der Waals surface area contributed by atoms with E-state index in [4.69, 9.17) is 14.0 Å². The molecule has 0 radical (unpaired) electrons. The molecule has 0 spiro atoms. The number of aryl methyl sites for hydroxylation is 2. The molecule has 0 saturated carbocycles. The topological polar surface area (TPSA) is 81.9 Å². The van der Waals surface area contributed by atoms with Crippen molar-refractivity contribution >= 4 is 10.0 Å². The number of benzene rings is 1. The molecule has 0 aliphatic carbocycles. The van der Waals surface area contributed by atoms with Crippen molar-refractivity contribution in [1.29, 1.82) is 0 Å². The molecule has 2 aromatic rings. The zero-order chi connectivity index (χ0) is 18.5. The Morgan fingerprint density at radius 2 is 2.08 bits per heavy atom. The van der Waals surface area contributed by atoms with Crippen LogP contribution in [0.25, 0.3) is 0 Å². The van der Waals surface area contributed by atoms with Crippen molar-refractivity contribution in [2.24, 2.45) is 11.8 Å². The summed E-state index contributed by atoms with van der Waals surface area (Å²) >= 11 is 0. The Morgan fingerprint density at radius 1 is 1.31 bits per heavy atom. The number of fused-ring (bicyclic) bond motifs is 3. The Labute approximate surface area is 152 Å². The molecule has 1 fully saturated rings. The third kappa shape index (κ3) is 2.55. The molecule has 7 nitrogen and oxygen atoms in total. The van der Waals surface area contributed by atoms with E-state index in [2.05, 4.69) is 5.16 Å². The smallest absolute Gasteiger partial charge is 0.249 e. The van der Waals surface area contributed by atoms with Crippen LogP contribution < -0.4 is 4.74 Å². The van der Waals surface area contributed by atoms with E-state index in [-0.39, 0.29) is 22.8 Å². The van der Waals surface area contributed by atoms with Crippen LogP contribution in [0.5, 0.6) is 5.75 Å². The zero-order valence-corrected chi connectivity index (χ0v) is 15.8. The molecule has 26 heavy (non-hydrogen) atoms. The van der Waals surface area contributed by atoms with Crippen LogP contribution in [0.4, 0.5) is 0 Å². The first kappa shape index (κ1) is 17.5. The van der Waals surface area contributed by atoms with Gasteiger partial charge < -0.3 is 14.0 Å². The van der Waals surface area contributed by atoms with Gasteiger partial charge in [-0.2, -0.15) is 4.31 Å². The van der Waals surface area contributed by atoms with Gasteiger partial charge >= 0.3 is 0 Å². The van der Waals surface area contributed by atoms with Gasteiger partial charge in [-0.05, 0) is 19.9 Å². The minimum absolute atomic E-state index is 0.0418. The second-order valence-electron chi connectivity index (χ2n) is 6.90. The third-order valence-electron chi connectivity index (χ3n) is 5.32. The molecule has 3 atom stereocenters. The monoisotopic (exact) mass is 378 g/mol. The number of nitrogens with zero attached hydrogens (tertiary/aromatic N) is 2. The van der Waals surface area contributed by atoms with Crippen molar-refractivity contribution < 1.29 is 22.4 Å². The van der Waals surface area contributed by atoms with Crippen molar-refractivity contribution in [3.63, 3.8) is 0 Å². The molecule has 4 rings (SSSR count). The summed E-state index contributed by atoms with van der Waals surface area (Å²) in [5, 5.41) is 3.83. The third-order valence-corrected chi connectivity index (χ3v) is 7.41. The van der Waals surface area contributed by atoms with Gasteiger partial charge in [-0.15, -0.1) is 0 Å². The lowest BCUT2D eigenvalue weighted by atomic mass is 9.86. The Morgan fingerprint density at radius 3 is 2.77 bits per heavy atom. The average Bonchev–Trinajstić information content (AvgIpc) is 3.16. The zero-order valence-electron chi connectivity index (χ0n) is 15.0. The molecule has 0 amide bonds. The van der Waals surface area contributed by atoms with E-state index in [1.54, 1.807) is 25.3 Å². The van der Waals surface area contributed by atoms with Crippen molar-refractivity contribution in [2.45, 2.75) is 24.8 Å². The molecule has 1 aromatic carbocycles. The lowest BCUT2D eigenvalue weighted by Crippen LogP contribution is -2.35. The molecule has 2 aliphatic rings. The quantitative estimate of drug-likeness (QED) is 0.812. The Bertz CT molecular complexity index is 904. The lowest BCUT2D eigenvalue weighted by molar-refractivity contribution is 0.102. The van der Waals surface area contributed by atoms with Gasteiger partial charge in [-0.3, -0.25) is 0 Å². The minimum Gasteiger partial charge on any atom is -0.493 e. The van der Waals surface area contributed by atoms with Gasteiger partial charge in [-0.1, -0.05) is 23.4 Å². The highest BCUT2D eigenvalue weighted by Crippen LogP contribution is 2.49. The van der Waals surface area contributed by atoms with E-state index >= 15 is 0 Å². The average molecular weight is 378 g/mol. The van der Waals surface area contributed by atoms with Crippen molar-refractivity contribution in [2.75, 3.05) is 26.9 Å². The van der Waals surface area contributed by atoms with Crippen LogP contribution in [0.1, 0.15) is 23.1 Å². The van der Waals surface area contributed by atoms with Crippen LogP contribution >= 0.6 is 0 Å². The van der Waals surface area contributed by atoms with E-state index < -0.39 is 10.0 Å². The predicted octanol–water partition coefficient (Wildman–Crippen LogP) is 2.31. The Kier molecular flexibility index (Phi) is 4.29. The Balaban J connectivity index is 1.83. The van der Waals surface area contributed by atoms with Crippen molar-refractivity contribution in [3.8, 4) is 5.75 Å². The number of hydrogen-bond donors (Lipinski definition) is 0. The fourth-order valence-electron chi connectivity index (χ4n) is 4.20. The van der Waals surface area contributed by atoms with Gasteiger partial charge in [0.25, 0.3) is 0 Å². The molecular formula is C18H22N2O5S. The first-order valence-electron chi connectivity index (χ1n) is 8.60. The van der Waals surface area contributed by atoms with Crippen LogP contribution in [0.3, 0.4) is 0 Å². The largest absolute Gasteiger partial charge is 0.493 e. The van der Waals surface area contributed by atoms with E-state index in [0.717, 1.165) is 11.3 Å². The summed E-state index contributed by atoms with van der Waals surface area (Å²) in [6, 6.07) is 7.36. The van der Waals surface area contributed by atoms with E-state index in [1.165, 1.54) is 0 Å². The van der Waals surface area contributed by atoms with Gasteiger partial charge in [0.15, 0.2) is 5.76 Å². The van der Waals surface area contributed by atoms with Crippen molar-refractivity contribution in [1.82, 2.24) is 9.46 Å². The van der Waals surface area contributed by atoms with Crippen LogP contribution in [-0.4, -0.2) is 44.7 Å². The van der Waals surface area contributed by atoms with E-state index in [9.17, 15) is 8.42 Å². The second kappa shape index (κ2) is 6.37. The van der Waals surface area contributed by atoms with Crippen LogP contribution in [0.2, 0.25) is 0 Å². The number of aromatic nitrogens is 1.